The van der Waals surface area contributed by atoms with E-state index in [9.17, 15) is 18.0 Å². The molecule has 7 nitrogen and oxygen atoms in total. The molecular weight excluding hydrogens is 694 g/mol. The lowest BCUT2D eigenvalue weighted by Crippen LogP contribution is -2.53. The third-order valence-electron chi connectivity index (χ3n) is 6.87. The van der Waals surface area contributed by atoms with E-state index in [1.165, 1.54) is 17.0 Å². The van der Waals surface area contributed by atoms with Crippen LogP contribution in [0.15, 0.2) is 117 Å². The average Bonchev–Trinajstić information content (AvgIpc) is 2.99. The van der Waals surface area contributed by atoms with Gasteiger partial charge in [-0.2, -0.15) is 0 Å². The molecule has 4 aromatic carbocycles. The van der Waals surface area contributed by atoms with Gasteiger partial charge < -0.3 is 10.2 Å². The van der Waals surface area contributed by atoms with Gasteiger partial charge in [0.25, 0.3) is 10.0 Å². The monoisotopic (exact) mass is 725 g/mol. The van der Waals surface area contributed by atoms with Crippen molar-refractivity contribution >= 4 is 59.4 Å². The van der Waals surface area contributed by atoms with Gasteiger partial charge in [-0.05, 0) is 73.5 Å². The number of carbonyl (C=O) groups is 2. The highest BCUT2D eigenvalue weighted by atomic mass is 79.9. The van der Waals surface area contributed by atoms with Crippen molar-refractivity contribution in [3.63, 3.8) is 0 Å². The molecule has 10 heteroatoms. The first-order valence-corrected chi connectivity index (χ1v) is 16.8. The predicted octanol–water partition coefficient (Wildman–Crippen LogP) is 6.49. The summed E-state index contributed by atoms with van der Waals surface area (Å²) in [5, 5.41) is 2.87. The molecule has 0 aliphatic rings. The highest BCUT2D eigenvalue weighted by Crippen LogP contribution is 2.27. The molecule has 0 saturated carbocycles. The smallest absolute Gasteiger partial charge is 0.264 e. The molecule has 0 heterocycles. The van der Waals surface area contributed by atoms with Crippen molar-refractivity contribution in [2.75, 3.05) is 17.4 Å². The largest absolute Gasteiger partial charge is 0.355 e. The Kier molecular flexibility index (Phi) is 11.2. The Morgan fingerprint density at radius 2 is 1.47 bits per heavy atom. The van der Waals surface area contributed by atoms with Crippen LogP contribution in [0.5, 0.6) is 0 Å². The molecule has 0 spiro atoms. The molecule has 1 N–H and O–H groups in total. The van der Waals surface area contributed by atoms with Crippen LogP contribution in [0.25, 0.3) is 0 Å². The van der Waals surface area contributed by atoms with Crippen molar-refractivity contribution < 1.29 is 18.0 Å². The van der Waals surface area contributed by atoms with Crippen molar-refractivity contribution in [1.29, 1.82) is 0 Å². The summed E-state index contributed by atoms with van der Waals surface area (Å²) in [6.45, 7) is 3.68. The molecule has 4 rings (SSSR count). The Balaban J connectivity index is 1.79. The summed E-state index contributed by atoms with van der Waals surface area (Å²) in [4.78, 5) is 29.5. The Bertz CT molecular complexity index is 1650. The fourth-order valence-electron chi connectivity index (χ4n) is 4.65. The van der Waals surface area contributed by atoms with Gasteiger partial charge in [-0.25, -0.2) is 8.42 Å². The summed E-state index contributed by atoms with van der Waals surface area (Å²) < 4.78 is 30.8. The van der Waals surface area contributed by atoms with E-state index in [4.69, 9.17) is 0 Å². The fraction of sp³-hybridized carbons (Fsp3) is 0.212. The minimum absolute atomic E-state index is 0.0666. The highest BCUT2D eigenvalue weighted by molar-refractivity contribution is 9.10. The number of anilines is 1. The molecule has 0 fully saturated rings. The first kappa shape index (κ1) is 32.4. The van der Waals surface area contributed by atoms with Crippen LogP contribution in [0.2, 0.25) is 0 Å². The lowest BCUT2D eigenvalue weighted by molar-refractivity contribution is -0.140. The summed E-state index contributed by atoms with van der Waals surface area (Å²) in [7, 11) is -4.14. The predicted molar refractivity (Wildman–Crippen MR) is 177 cm³/mol. The molecule has 0 saturated heterocycles. The van der Waals surface area contributed by atoms with Gasteiger partial charge in [0.05, 0.1) is 10.6 Å². The van der Waals surface area contributed by atoms with Crippen LogP contribution in [0, 0.1) is 6.92 Å². The maximum Gasteiger partial charge on any atom is 0.264 e. The molecule has 0 aliphatic heterocycles. The summed E-state index contributed by atoms with van der Waals surface area (Å²) in [6.07, 6.45) is 0.259. The average molecular weight is 728 g/mol. The third-order valence-corrected chi connectivity index (χ3v) is 9.68. The zero-order valence-electron chi connectivity index (χ0n) is 23.9. The fourth-order valence-corrected chi connectivity index (χ4v) is 6.78. The number of likely N-dealkylation sites (N-methyl/N-ethyl adjacent to an activating group) is 1. The van der Waals surface area contributed by atoms with Crippen LogP contribution in [0.1, 0.15) is 23.6 Å². The number of hydrogen-bond donors (Lipinski definition) is 1. The maximum atomic E-state index is 14.4. The Hall–Kier alpha value is -3.47. The van der Waals surface area contributed by atoms with E-state index in [0.29, 0.717) is 12.2 Å². The summed E-state index contributed by atoms with van der Waals surface area (Å²) >= 11 is 6.90. The Labute approximate surface area is 270 Å². The van der Waals surface area contributed by atoms with Crippen LogP contribution in [0.3, 0.4) is 0 Å². The molecule has 2 amide bonds. The van der Waals surface area contributed by atoms with Gasteiger partial charge in [0.2, 0.25) is 11.8 Å². The first-order chi connectivity index (χ1) is 20.6. The van der Waals surface area contributed by atoms with Crippen molar-refractivity contribution in [2.24, 2.45) is 0 Å². The summed E-state index contributed by atoms with van der Waals surface area (Å²) in [5.74, 6) is -0.822. The number of nitrogens with zero attached hydrogens (tertiary/aromatic N) is 2. The van der Waals surface area contributed by atoms with Gasteiger partial charge in [-0.3, -0.25) is 13.9 Å². The number of sulfonamides is 1. The number of amides is 2. The van der Waals surface area contributed by atoms with E-state index in [0.717, 1.165) is 29.9 Å². The van der Waals surface area contributed by atoms with Gasteiger partial charge >= 0.3 is 0 Å². The molecule has 0 unspecified atom stereocenters. The summed E-state index contributed by atoms with van der Waals surface area (Å²) in [5.41, 5.74) is 2.91. The standard InChI is InChI=1S/C33H33Br2N3O4S/c1-3-36-33(40)31(21-25-8-5-4-6-9-25)37(22-26-10-7-11-28(35)20-26)32(39)23-38(29-16-14-27(34)15-17-29)43(41,42)30-18-12-24(2)13-19-30/h4-20,31H,3,21-23H2,1-2H3,(H,36,40)/t31-/m0/s1. The zero-order chi connectivity index (χ0) is 31.0. The molecule has 0 radical (unpaired) electrons. The maximum absolute atomic E-state index is 14.4. The Morgan fingerprint density at radius 1 is 0.814 bits per heavy atom. The molecule has 0 aliphatic carbocycles. The first-order valence-electron chi connectivity index (χ1n) is 13.8. The molecule has 0 aromatic heterocycles. The second-order valence-corrected chi connectivity index (χ2v) is 13.7. The zero-order valence-corrected chi connectivity index (χ0v) is 27.9. The summed E-state index contributed by atoms with van der Waals surface area (Å²) in [6, 6.07) is 29.3. The lowest BCUT2D eigenvalue weighted by Gasteiger charge is -2.34. The molecule has 0 bridgehead atoms. The van der Waals surface area contributed by atoms with E-state index < -0.39 is 28.5 Å². The minimum Gasteiger partial charge on any atom is -0.355 e. The van der Waals surface area contributed by atoms with Crippen molar-refractivity contribution in [2.45, 2.75) is 37.8 Å². The van der Waals surface area contributed by atoms with Crippen LogP contribution >= 0.6 is 31.9 Å². The molecule has 4 aromatic rings. The minimum atomic E-state index is -4.14. The van der Waals surface area contributed by atoms with Crippen molar-refractivity contribution in [1.82, 2.24) is 10.2 Å². The highest BCUT2D eigenvalue weighted by Gasteiger charge is 2.34. The lowest BCUT2D eigenvalue weighted by atomic mass is 10.0. The van der Waals surface area contributed by atoms with Crippen LogP contribution < -0.4 is 9.62 Å². The van der Waals surface area contributed by atoms with Crippen molar-refractivity contribution in [3.8, 4) is 0 Å². The number of hydrogen-bond acceptors (Lipinski definition) is 4. The van der Waals surface area contributed by atoms with E-state index in [2.05, 4.69) is 37.2 Å². The number of rotatable bonds is 12. The van der Waals surface area contributed by atoms with E-state index in [1.807, 2.05) is 68.4 Å². The van der Waals surface area contributed by atoms with Gasteiger partial charge in [-0.1, -0.05) is 92.0 Å². The number of carbonyl (C=O) groups excluding carboxylic acids is 2. The van der Waals surface area contributed by atoms with E-state index >= 15 is 0 Å². The molecular formula is C33H33Br2N3O4S. The molecule has 43 heavy (non-hydrogen) atoms. The van der Waals surface area contributed by atoms with Gasteiger partial charge in [0.1, 0.15) is 12.6 Å². The van der Waals surface area contributed by atoms with Gasteiger partial charge in [-0.15, -0.1) is 0 Å². The topological polar surface area (TPSA) is 86.8 Å². The van der Waals surface area contributed by atoms with Gasteiger partial charge in [0, 0.05) is 28.5 Å². The Morgan fingerprint density at radius 3 is 2.09 bits per heavy atom. The quantitative estimate of drug-likeness (QED) is 0.181. The van der Waals surface area contributed by atoms with Crippen LogP contribution in [0.4, 0.5) is 5.69 Å². The third kappa shape index (κ3) is 8.55. The number of benzene rings is 4. The number of halogens is 2. The van der Waals surface area contributed by atoms with Crippen molar-refractivity contribution in [3.05, 3.63) is 129 Å². The van der Waals surface area contributed by atoms with Crippen LogP contribution in [-0.4, -0.2) is 44.3 Å². The number of nitrogens with one attached hydrogen (secondary N) is 1. The second kappa shape index (κ2) is 14.8. The number of aryl methyl sites for hydroxylation is 1. The van der Waals surface area contributed by atoms with Crippen LogP contribution in [-0.2, 0) is 32.6 Å². The van der Waals surface area contributed by atoms with Gasteiger partial charge in [0.15, 0.2) is 0 Å². The normalized spacial score (nSPS) is 11.9. The van der Waals surface area contributed by atoms with E-state index in [-0.39, 0.29) is 23.8 Å². The molecule has 1 atom stereocenters. The second-order valence-electron chi connectivity index (χ2n) is 10.1. The van der Waals surface area contributed by atoms with E-state index in [1.54, 1.807) is 36.4 Å². The molecule has 224 valence electrons. The SMILES string of the molecule is CCNC(=O)[C@H](Cc1ccccc1)N(Cc1cccc(Br)c1)C(=O)CN(c1ccc(Br)cc1)S(=O)(=O)c1ccc(C)cc1.